The van der Waals surface area contributed by atoms with Gasteiger partial charge in [-0.05, 0) is 23.6 Å². The topological polar surface area (TPSA) is 90.7 Å². The van der Waals surface area contributed by atoms with E-state index in [1.54, 1.807) is 0 Å². The number of aromatic nitrogens is 3. The number of benzene rings is 2. The Labute approximate surface area is 122 Å². The molecule has 3 rings (SSSR count). The predicted octanol–water partition coefficient (Wildman–Crippen LogP) is 2.29. The van der Waals surface area contributed by atoms with Gasteiger partial charge in [0.15, 0.2) is 5.82 Å². The van der Waals surface area contributed by atoms with Crippen molar-refractivity contribution in [3.63, 3.8) is 0 Å². The van der Waals surface area contributed by atoms with E-state index in [4.69, 9.17) is 11.5 Å². The quantitative estimate of drug-likeness (QED) is 0.766. The van der Waals surface area contributed by atoms with Crippen LogP contribution in [0.15, 0.2) is 54.6 Å². The Morgan fingerprint density at radius 3 is 2.10 bits per heavy atom. The third kappa shape index (κ3) is 3.14. The molecule has 0 unspecified atom stereocenters. The number of nitrogen functional groups attached to an aromatic ring is 2. The summed E-state index contributed by atoms with van der Waals surface area (Å²) in [5.74, 6) is 0.756. The van der Waals surface area contributed by atoms with Gasteiger partial charge in [-0.1, -0.05) is 48.5 Å². The van der Waals surface area contributed by atoms with Crippen LogP contribution in [0.2, 0.25) is 0 Å². The Morgan fingerprint density at radius 2 is 1.38 bits per heavy atom. The maximum atomic E-state index is 5.62. The van der Waals surface area contributed by atoms with Crippen LogP contribution in [0.5, 0.6) is 0 Å². The second kappa shape index (κ2) is 5.58. The molecule has 1 heterocycles. The average Bonchev–Trinajstić information content (AvgIpc) is 2.47. The van der Waals surface area contributed by atoms with Gasteiger partial charge in [-0.3, -0.25) is 0 Å². The maximum Gasteiger partial charge on any atom is 0.225 e. The van der Waals surface area contributed by atoms with Gasteiger partial charge in [0.1, 0.15) is 0 Å². The van der Waals surface area contributed by atoms with E-state index in [9.17, 15) is 0 Å². The van der Waals surface area contributed by atoms with Gasteiger partial charge in [0, 0.05) is 5.56 Å². The standard InChI is InChI=1S/C16H15N5/c17-15-19-14(20-16(18)21-15)13-8-4-7-12(10-13)9-11-5-2-1-3-6-11/h1-8,10H,9H2,(H4,17,18,19,20,21). The summed E-state index contributed by atoms with van der Waals surface area (Å²) < 4.78 is 0. The highest BCUT2D eigenvalue weighted by molar-refractivity contribution is 5.58. The highest BCUT2D eigenvalue weighted by atomic mass is 15.1. The molecule has 0 spiro atoms. The van der Waals surface area contributed by atoms with Crippen LogP contribution >= 0.6 is 0 Å². The molecule has 4 N–H and O–H groups in total. The Kier molecular flexibility index (Phi) is 3.47. The highest BCUT2D eigenvalue weighted by Gasteiger charge is 2.06. The number of hydrogen-bond acceptors (Lipinski definition) is 5. The van der Waals surface area contributed by atoms with Crippen molar-refractivity contribution in [1.82, 2.24) is 15.0 Å². The Hall–Kier alpha value is -2.95. The van der Waals surface area contributed by atoms with Crippen LogP contribution in [0.25, 0.3) is 11.4 Å². The zero-order chi connectivity index (χ0) is 14.7. The molecular weight excluding hydrogens is 262 g/mol. The lowest BCUT2D eigenvalue weighted by atomic mass is 10.0. The van der Waals surface area contributed by atoms with Crippen LogP contribution in [-0.2, 0) is 6.42 Å². The molecule has 1 aromatic heterocycles. The minimum absolute atomic E-state index is 0.131. The average molecular weight is 277 g/mol. The number of rotatable bonds is 3. The summed E-state index contributed by atoms with van der Waals surface area (Å²) in [6, 6.07) is 18.3. The van der Waals surface area contributed by atoms with E-state index in [1.807, 2.05) is 36.4 Å². The summed E-state index contributed by atoms with van der Waals surface area (Å²) in [5.41, 5.74) is 14.5. The van der Waals surface area contributed by atoms with E-state index in [0.29, 0.717) is 5.82 Å². The van der Waals surface area contributed by atoms with Crippen LogP contribution in [-0.4, -0.2) is 15.0 Å². The zero-order valence-electron chi connectivity index (χ0n) is 11.4. The molecule has 0 saturated heterocycles. The van der Waals surface area contributed by atoms with Crippen LogP contribution in [0, 0.1) is 0 Å². The maximum absolute atomic E-state index is 5.62. The molecule has 5 nitrogen and oxygen atoms in total. The molecule has 0 atom stereocenters. The Morgan fingerprint density at radius 1 is 0.714 bits per heavy atom. The lowest BCUT2D eigenvalue weighted by molar-refractivity contribution is 1.08. The highest BCUT2D eigenvalue weighted by Crippen LogP contribution is 2.19. The van der Waals surface area contributed by atoms with E-state index < -0.39 is 0 Å². The Bertz CT molecular complexity index is 735. The van der Waals surface area contributed by atoms with E-state index in [1.165, 1.54) is 11.1 Å². The summed E-state index contributed by atoms with van der Waals surface area (Å²) >= 11 is 0. The van der Waals surface area contributed by atoms with Gasteiger partial charge in [0.05, 0.1) is 0 Å². The van der Waals surface area contributed by atoms with Gasteiger partial charge in [0.2, 0.25) is 11.9 Å². The van der Waals surface area contributed by atoms with Gasteiger partial charge in [-0.25, -0.2) is 0 Å². The molecule has 0 aliphatic carbocycles. The molecular formula is C16H15N5. The van der Waals surface area contributed by atoms with Crippen LogP contribution in [0.4, 0.5) is 11.9 Å². The molecule has 0 bridgehead atoms. The van der Waals surface area contributed by atoms with Crippen molar-refractivity contribution in [2.45, 2.75) is 6.42 Å². The van der Waals surface area contributed by atoms with Gasteiger partial charge >= 0.3 is 0 Å². The third-order valence-corrected chi connectivity index (χ3v) is 3.11. The summed E-state index contributed by atoms with van der Waals surface area (Å²) in [4.78, 5) is 12.0. The normalized spacial score (nSPS) is 10.5. The molecule has 21 heavy (non-hydrogen) atoms. The second-order valence-corrected chi connectivity index (χ2v) is 4.74. The number of nitrogens with two attached hydrogens (primary N) is 2. The van der Waals surface area contributed by atoms with Crippen molar-refractivity contribution in [3.8, 4) is 11.4 Å². The van der Waals surface area contributed by atoms with Crippen LogP contribution < -0.4 is 11.5 Å². The fourth-order valence-corrected chi connectivity index (χ4v) is 2.19. The van der Waals surface area contributed by atoms with Crippen molar-refractivity contribution < 1.29 is 0 Å². The molecule has 104 valence electrons. The second-order valence-electron chi connectivity index (χ2n) is 4.74. The van der Waals surface area contributed by atoms with Gasteiger partial charge in [0.25, 0.3) is 0 Å². The lowest BCUT2D eigenvalue weighted by Crippen LogP contribution is -2.04. The minimum atomic E-state index is 0.131. The monoisotopic (exact) mass is 277 g/mol. The molecule has 0 saturated carbocycles. The predicted molar refractivity (Wildman–Crippen MR) is 83.3 cm³/mol. The van der Waals surface area contributed by atoms with Crippen molar-refractivity contribution in [2.75, 3.05) is 11.5 Å². The van der Waals surface area contributed by atoms with Crippen molar-refractivity contribution in [2.24, 2.45) is 0 Å². The summed E-state index contributed by atoms with van der Waals surface area (Å²) in [7, 11) is 0. The molecule has 0 amide bonds. The van der Waals surface area contributed by atoms with Gasteiger partial charge in [-0.2, -0.15) is 15.0 Å². The fraction of sp³-hybridized carbons (Fsp3) is 0.0625. The first-order valence-corrected chi connectivity index (χ1v) is 6.61. The van der Waals surface area contributed by atoms with Crippen molar-refractivity contribution in [3.05, 3.63) is 65.7 Å². The van der Waals surface area contributed by atoms with E-state index in [2.05, 4.69) is 33.2 Å². The zero-order valence-corrected chi connectivity index (χ0v) is 11.4. The largest absolute Gasteiger partial charge is 0.368 e. The molecule has 5 heteroatoms. The summed E-state index contributed by atoms with van der Waals surface area (Å²) in [5, 5.41) is 0. The number of nitrogens with zero attached hydrogens (tertiary/aromatic N) is 3. The number of anilines is 2. The first-order chi connectivity index (χ1) is 10.2. The van der Waals surface area contributed by atoms with E-state index >= 15 is 0 Å². The van der Waals surface area contributed by atoms with Crippen molar-refractivity contribution >= 4 is 11.9 Å². The fourth-order valence-electron chi connectivity index (χ4n) is 2.19. The van der Waals surface area contributed by atoms with Crippen LogP contribution in [0.1, 0.15) is 11.1 Å². The molecule has 0 radical (unpaired) electrons. The van der Waals surface area contributed by atoms with E-state index in [0.717, 1.165) is 12.0 Å². The third-order valence-electron chi connectivity index (χ3n) is 3.11. The van der Waals surface area contributed by atoms with Gasteiger partial charge in [-0.15, -0.1) is 0 Å². The SMILES string of the molecule is Nc1nc(N)nc(-c2cccc(Cc3ccccc3)c2)n1. The smallest absolute Gasteiger partial charge is 0.225 e. The van der Waals surface area contributed by atoms with Crippen LogP contribution in [0.3, 0.4) is 0 Å². The first kappa shape index (κ1) is 13.1. The molecule has 2 aromatic carbocycles. The van der Waals surface area contributed by atoms with E-state index in [-0.39, 0.29) is 11.9 Å². The summed E-state index contributed by atoms with van der Waals surface area (Å²) in [6.45, 7) is 0. The van der Waals surface area contributed by atoms with Gasteiger partial charge < -0.3 is 11.5 Å². The molecule has 3 aromatic rings. The molecule has 0 aliphatic heterocycles. The lowest BCUT2D eigenvalue weighted by Gasteiger charge is -2.06. The first-order valence-electron chi connectivity index (χ1n) is 6.61. The minimum Gasteiger partial charge on any atom is -0.368 e. The van der Waals surface area contributed by atoms with Crippen molar-refractivity contribution in [1.29, 1.82) is 0 Å². The molecule has 0 aliphatic rings. The molecule has 0 fully saturated rings. The summed E-state index contributed by atoms with van der Waals surface area (Å²) in [6.07, 6.45) is 0.852. The Balaban J connectivity index is 1.93. The number of hydrogen-bond donors (Lipinski definition) is 2.